The summed E-state index contributed by atoms with van der Waals surface area (Å²) in [6, 6.07) is 1.57. The van der Waals surface area contributed by atoms with Gasteiger partial charge < -0.3 is 16.0 Å². The van der Waals surface area contributed by atoms with Crippen LogP contribution in [0, 0.1) is 5.82 Å². The second kappa shape index (κ2) is 7.06. The molecule has 2 heterocycles. The van der Waals surface area contributed by atoms with Gasteiger partial charge in [-0.3, -0.25) is 9.89 Å². The van der Waals surface area contributed by atoms with Gasteiger partial charge in [0.1, 0.15) is 17.6 Å². The Balaban J connectivity index is 1.93. The fourth-order valence-corrected chi connectivity index (χ4v) is 2.70. The largest absolute Gasteiger partial charge is 0.432 e. The smallest absolute Gasteiger partial charge is 0.342 e. The molecule has 144 valence electrons. The van der Waals surface area contributed by atoms with Gasteiger partial charge in [0.2, 0.25) is 5.91 Å². The molecule has 1 saturated heterocycles. The van der Waals surface area contributed by atoms with Crippen molar-refractivity contribution in [2.24, 2.45) is 0 Å². The first-order valence-corrected chi connectivity index (χ1v) is 7.95. The number of benzene rings is 1. The Morgan fingerprint density at radius 1 is 1.33 bits per heavy atom. The van der Waals surface area contributed by atoms with Crippen molar-refractivity contribution in [3.8, 4) is 0 Å². The van der Waals surface area contributed by atoms with E-state index in [0.29, 0.717) is 0 Å². The van der Waals surface area contributed by atoms with Crippen LogP contribution in [0.15, 0.2) is 24.3 Å². The Labute approximate surface area is 154 Å². The van der Waals surface area contributed by atoms with Crippen LogP contribution < -0.4 is 16.0 Å². The quantitative estimate of drug-likeness (QED) is 0.586. The number of amides is 3. The molecule has 1 aliphatic rings. The third kappa shape index (κ3) is 4.13. The average Bonchev–Trinajstić information content (AvgIpc) is 3.24. The molecule has 4 N–H and O–H groups in total. The number of hydrogen-bond donors (Lipinski definition) is 4. The van der Waals surface area contributed by atoms with Crippen LogP contribution in [0.3, 0.4) is 0 Å². The summed E-state index contributed by atoms with van der Waals surface area (Å²) in [7, 11) is 0. The van der Waals surface area contributed by atoms with Gasteiger partial charge in [-0.05, 0) is 23.8 Å². The molecule has 1 aromatic heterocycles. The van der Waals surface area contributed by atoms with Crippen LogP contribution in [-0.4, -0.2) is 34.7 Å². The number of H-pyrrole nitrogens is 1. The molecule has 12 heteroatoms. The molecule has 1 aliphatic heterocycles. The molecular formula is C15H12ClF4N5O2. The first-order valence-electron chi connectivity index (χ1n) is 7.57. The Morgan fingerprint density at radius 3 is 2.63 bits per heavy atom. The van der Waals surface area contributed by atoms with Crippen molar-refractivity contribution in [1.82, 2.24) is 26.1 Å². The second-order valence-corrected chi connectivity index (χ2v) is 6.13. The monoisotopic (exact) mass is 405 g/mol. The Hall–Kier alpha value is -2.82. The van der Waals surface area contributed by atoms with Gasteiger partial charge in [0.05, 0.1) is 16.8 Å². The van der Waals surface area contributed by atoms with Crippen LogP contribution in [-0.2, 0) is 11.0 Å². The highest BCUT2D eigenvalue weighted by molar-refractivity contribution is 6.30. The molecule has 27 heavy (non-hydrogen) atoms. The minimum Gasteiger partial charge on any atom is -0.342 e. The van der Waals surface area contributed by atoms with Crippen molar-refractivity contribution >= 4 is 23.5 Å². The standard InChI is InChI=1S/C15H12ClF4N5O2/c16-7-3-6(1-2-8(7)17)12(9-4-11(25-24-9)15(18,19)20)23-13(26)10-5-21-14(27)22-10/h1-4,10,12H,5H2,(H,23,26)(H,24,25)(H2,21,22,27)/t10-,12+/m0/s1. The maximum absolute atomic E-state index is 13.4. The first-order chi connectivity index (χ1) is 12.6. The van der Waals surface area contributed by atoms with E-state index in [9.17, 15) is 27.2 Å². The lowest BCUT2D eigenvalue weighted by atomic mass is 10.0. The van der Waals surface area contributed by atoms with E-state index in [1.165, 1.54) is 12.1 Å². The van der Waals surface area contributed by atoms with Gasteiger partial charge in [-0.15, -0.1) is 0 Å². The van der Waals surface area contributed by atoms with Crippen LogP contribution in [0.5, 0.6) is 0 Å². The van der Waals surface area contributed by atoms with E-state index >= 15 is 0 Å². The highest BCUT2D eigenvalue weighted by Crippen LogP contribution is 2.31. The van der Waals surface area contributed by atoms with E-state index in [0.717, 1.165) is 12.1 Å². The van der Waals surface area contributed by atoms with Crippen molar-refractivity contribution < 1.29 is 27.2 Å². The van der Waals surface area contributed by atoms with Gasteiger partial charge >= 0.3 is 12.2 Å². The molecule has 1 aromatic carbocycles. The zero-order valence-corrected chi connectivity index (χ0v) is 14.1. The fraction of sp³-hybridized carbons (Fsp3) is 0.267. The minimum atomic E-state index is -4.66. The number of aromatic nitrogens is 2. The first kappa shape index (κ1) is 19.0. The summed E-state index contributed by atoms with van der Waals surface area (Å²) in [4.78, 5) is 23.5. The van der Waals surface area contributed by atoms with Gasteiger partial charge in [-0.1, -0.05) is 17.7 Å². The maximum Gasteiger partial charge on any atom is 0.432 e. The van der Waals surface area contributed by atoms with Crippen molar-refractivity contribution in [2.45, 2.75) is 18.3 Å². The molecule has 7 nitrogen and oxygen atoms in total. The molecule has 0 unspecified atom stereocenters. The maximum atomic E-state index is 13.4. The third-order valence-electron chi connectivity index (χ3n) is 3.85. The van der Waals surface area contributed by atoms with Crippen LogP contribution in [0.25, 0.3) is 0 Å². The highest BCUT2D eigenvalue weighted by Gasteiger charge is 2.35. The summed E-state index contributed by atoms with van der Waals surface area (Å²) in [5, 5.41) is 12.4. The van der Waals surface area contributed by atoms with E-state index in [4.69, 9.17) is 11.6 Å². The molecule has 0 bridgehead atoms. The van der Waals surface area contributed by atoms with E-state index in [2.05, 4.69) is 21.0 Å². The summed E-state index contributed by atoms with van der Waals surface area (Å²) < 4.78 is 52.0. The molecular weight excluding hydrogens is 394 g/mol. The predicted octanol–water partition coefficient (Wildman–Crippen LogP) is 2.11. The number of halogens is 5. The minimum absolute atomic E-state index is 0.00985. The van der Waals surface area contributed by atoms with E-state index < -0.39 is 41.7 Å². The molecule has 0 aliphatic carbocycles. The summed E-state index contributed by atoms with van der Waals surface area (Å²) in [6.07, 6.45) is -4.66. The normalized spacial score (nSPS) is 18.0. The molecule has 0 saturated carbocycles. The summed E-state index contributed by atoms with van der Waals surface area (Å²) >= 11 is 5.74. The van der Waals surface area contributed by atoms with E-state index in [1.54, 1.807) is 0 Å². The molecule has 3 rings (SSSR count). The van der Waals surface area contributed by atoms with E-state index in [-0.39, 0.29) is 22.8 Å². The number of carbonyl (C=O) groups excluding carboxylic acids is 2. The van der Waals surface area contributed by atoms with Crippen LogP contribution >= 0.6 is 11.6 Å². The number of urea groups is 1. The van der Waals surface area contributed by atoms with Crippen molar-refractivity contribution in [1.29, 1.82) is 0 Å². The Kier molecular flexibility index (Phi) is 4.96. The van der Waals surface area contributed by atoms with Gasteiger partial charge in [0.25, 0.3) is 0 Å². The van der Waals surface area contributed by atoms with Crippen molar-refractivity contribution in [3.63, 3.8) is 0 Å². The predicted molar refractivity (Wildman–Crippen MR) is 85.3 cm³/mol. The topological polar surface area (TPSA) is 98.9 Å². The van der Waals surface area contributed by atoms with Gasteiger partial charge in [-0.2, -0.15) is 18.3 Å². The zero-order valence-electron chi connectivity index (χ0n) is 13.3. The van der Waals surface area contributed by atoms with Crippen molar-refractivity contribution in [3.05, 3.63) is 52.1 Å². The molecule has 2 aromatic rings. The lowest BCUT2D eigenvalue weighted by molar-refractivity contribution is -0.141. The summed E-state index contributed by atoms with van der Waals surface area (Å²) in [5.41, 5.74) is -1.05. The third-order valence-corrected chi connectivity index (χ3v) is 4.14. The number of rotatable bonds is 4. The van der Waals surface area contributed by atoms with Gasteiger partial charge in [-0.25, -0.2) is 9.18 Å². The average molecular weight is 406 g/mol. The number of aromatic amines is 1. The summed E-state index contributed by atoms with van der Waals surface area (Å²) in [5.74, 6) is -1.38. The molecule has 0 spiro atoms. The molecule has 0 radical (unpaired) electrons. The molecule has 3 amide bonds. The molecule has 2 atom stereocenters. The number of alkyl halides is 3. The number of nitrogens with zero attached hydrogens (tertiary/aromatic N) is 1. The second-order valence-electron chi connectivity index (χ2n) is 5.73. The van der Waals surface area contributed by atoms with Crippen LogP contribution in [0.2, 0.25) is 5.02 Å². The summed E-state index contributed by atoms with van der Waals surface area (Å²) in [6.45, 7) is 0.00985. The highest BCUT2D eigenvalue weighted by atomic mass is 35.5. The SMILES string of the molecule is O=C1NC[C@@H](C(=O)N[C@H](c2ccc(F)c(Cl)c2)c2cc(C(F)(F)F)[nH]n2)N1. The van der Waals surface area contributed by atoms with Crippen LogP contribution in [0.1, 0.15) is 23.0 Å². The van der Waals surface area contributed by atoms with Gasteiger partial charge in [0, 0.05) is 6.54 Å². The number of carbonyl (C=O) groups is 2. The van der Waals surface area contributed by atoms with Crippen molar-refractivity contribution in [2.75, 3.05) is 6.54 Å². The lowest BCUT2D eigenvalue weighted by Gasteiger charge is -2.19. The zero-order chi connectivity index (χ0) is 19.8. The fourth-order valence-electron chi connectivity index (χ4n) is 2.51. The van der Waals surface area contributed by atoms with Gasteiger partial charge in [0.15, 0.2) is 0 Å². The number of hydrogen-bond acceptors (Lipinski definition) is 3. The van der Waals surface area contributed by atoms with Crippen LogP contribution in [0.4, 0.5) is 22.4 Å². The van der Waals surface area contributed by atoms with E-state index in [1.807, 2.05) is 5.10 Å². The molecule has 1 fully saturated rings. The Bertz CT molecular complexity index is 885. The Morgan fingerprint density at radius 2 is 2.07 bits per heavy atom. The lowest BCUT2D eigenvalue weighted by Crippen LogP contribution is -2.44. The number of nitrogens with one attached hydrogen (secondary N) is 4.